The molecule has 1 aliphatic carbocycles. The van der Waals surface area contributed by atoms with Gasteiger partial charge in [0.15, 0.2) is 0 Å². The lowest BCUT2D eigenvalue weighted by Gasteiger charge is -2.29. The van der Waals surface area contributed by atoms with Gasteiger partial charge in [-0.1, -0.05) is 13.8 Å². The molecule has 29 heavy (non-hydrogen) atoms. The van der Waals surface area contributed by atoms with Gasteiger partial charge in [0.2, 0.25) is 5.84 Å². The third-order valence-corrected chi connectivity index (χ3v) is 4.78. The molecule has 0 saturated heterocycles. The largest absolute Gasteiger partial charge is 0.495 e. The van der Waals surface area contributed by atoms with Crippen LogP contribution in [-0.4, -0.2) is 42.9 Å². The molecule has 0 bridgehead atoms. The number of amides is 1. The minimum absolute atomic E-state index is 0.000891. The smallest absolute Gasteiger partial charge is 0.288 e. The van der Waals surface area contributed by atoms with Crippen LogP contribution >= 0.6 is 0 Å². The molecule has 0 unspecified atom stereocenters. The summed E-state index contributed by atoms with van der Waals surface area (Å²) >= 11 is 0. The number of methoxy groups -OCH3 is 1. The zero-order chi connectivity index (χ0) is 21.4. The molecule has 8 nitrogen and oxygen atoms in total. The van der Waals surface area contributed by atoms with E-state index in [2.05, 4.69) is 16.4 Å². The lowest BCUT2D eigenvalue weighted by Crippen LogP contribution is -2.42. The highest BCUT2D eigenvalue weighted by Crippen LogP contribution is 2.28. The average molecular weight is 397 g/mol. The van der Waals surface area contributed by atoms with Crippen LogP contribution in [0.15, 0.2) is 23.2 Å². The first-order valence-electron chi connectivity index (χ1n) is 9.60. The van der Waals surface area contributed by atoms with Gasteiger partial charge in [0.1, 0.15) is 17.6 Å². The number of hydrogen-bond acceptors (Lipinski definition) is 6. The molecule has 1 saturated carbocycles. The van der Waals surface area contributed by atoms with Crippen LogP contribution in [0.4, 0.5) is 0 Å². The summed E-state index contributed by atoms with van der Waals surface area (Å²) in [6, 6.07) is 7.18. The maximum Gasteiger partial charge on any atom is 0.288 e. The second kappa shape index (κ2) is 10.4. The van der Waals surface area contributed by atoms with E-state index in [9.17, 15) is 4.79 Å². The van der Waals surface area contributed by atoms with Gasteiger partial charge in [0.25, 0.3) is 5.91 Å². The zero-order valence-electron chi connectivity index (χ0n) is 17.0. The maximum absolute atomic E-state index is 12.1. The van der Waals surface area contributed by atoms with Crippen LogP contribution < -0.4 is 14.8 Å². The summed E-state index contributed by atoms with van der Waals surface area (Å²) in [5, 5.41) is 27.3. The van der Waals surface area contributed by atoms with Crippen molar-refractivity contribution in [1.29, 1.82) is 16.1 Å². The van der Waals surface area contributed by atoms with Gasteiger partial charge >= 0.3 is 0 Å². The van der Waals surface area contributed by atoms with Crippen molar-refractivity contribution in [1.82, 2.24) is 5.32 Å². The van der Waals surface area contributed by atoms with E-state index in [1.165, 1.54) is 13.3 Å². The third-order valence-electron chi connectivity index (χ3n) is 4.78. The Balaban J connectivity index is 1.82. The fraction of sp³-hybridized carbons (Fsp3) is 0.476. The molecule has 1 aromatic carbocycles. The highest BCUT2D eigenvalue weighted by molar-refractivity contribution is 6.41. The molecule has 1 aromatic rings. The van der Waals surface area contributed by atoms with Crippen LogP contribution in [0.5, 0.6) is 11.5 Å². The summed E-state index contributed by atoms with van der Waals surface area (Å²) < 4.78 is 11.2. The van der Waals surface area contributed by atoms with Crippen molar-refractivity contribution in [2.24, 2.45) is 10.9 Å². The van der Waals surface area contributed by atoms with Gasteiger partial charge in [-0.2, -0.15) is 5.26 Å². The van der Waals surface area contributed by atoms with Crippen molar-refractivity contribution < 1.29 is 14.3 Å². The number of nitriles is 1. The van der Waals surface area contributed by atoms with Crippen LogP contribution in [0.2, 0.25) is 0 Å². The zero-order valence-corrected chi connectivity index (χ0v) is 17.0. The monoisotopic (exact) mass is 397 g/mol. The highest BCUT2D eigenvalue weighted by atomic mass is 16.5. The molecule has 0 radical (unpaired) electrons. The second-order valence-corrected chi connectivity index (χ2v) is 7.26. The average Bonchev–Trinajstić information content (AvgIpc) is 2.72. The number of rotatable bonds is 6. The van der Waals surface area contributed by atoms with Gasteiger partial charge in [0, 0.05) is 12.1 Å². The van der Waals surface area contributed by atoms with Gasteiger partial charge < -0.3 is 20.2 Å². The first-order chi connectivity index (χ1) is 13.8. The molecule has 2 rings (SSSR count). The highest BCUT2D eigenvalue weighted by Gasteiger charge is 2.25. The third kappa shape index (κ3) is 6.42. The predicted molar refractivity (Wildman–Crippen MR) is 111 cm³/mol. The van der Waals surface area contributed by atoms with Gasteiger partial charge in [-0.25, -0.2) is 4.99 Å². The number of carbonyl (C=O) groups is 1. The summed E-state index contributed by atoms with van der Waals surface area (Å²) in [5.41, 5.74) is 0.736. The molecule has 8 heteroatoms. The van der Waals surface area contributed by atoms with Crippen LogP contribution in [-0.2, 0) is 4.79 Å². The molecule has 0 aromatic heterocycles. The Morgan fingerprint density at radius 3 is 2.59 bits per heavy atom. The Hall–Kier alpha value is -3.21. The molecule has 0 heterocycles. The molecule has 0 spiro atoms. The summed E-state index contributed by atoms with van der Waals surface area (Å²) in [6.45, 7) is 3.71. The van der Waals surface area contributed by atoms with Gasteiger partial charge in [-0.3, -0.25) is 10.2 Å². The molecular formula is C21H27N5O3. The lowest BCUT2D eigenvalue weighted by molar-refractivity contribution is -0.115. The van der Waals surface area contributed by atoms with Crippen LogP contribution in [0.25, 0.3) is 0 Å². The topological polar surface area (TPSA) is 131 Å². The summed E-state index contributed by atoms with van der Waals surface area (Å²) in [4.78, 5) is 15.9. The summed E-state index contributed by atoms with van der Waals surface area (Å²) in [6.07, 6.45) is 4.28. The first kappa shape index (κ1) is 22.1. The number of benzene rings is 1. The number of carbonyl (C=O) groups excluding carboxylic acids is 1. The Labute approximate surface area is 170 Å². The number of aliphatic imine (C=N–C) groups is 1. The van der Waals surface area contributed by atoms with Crippen LogP contribution in [0.3, 0.4) is 0 Å². The molecule has 0 aliphatic heterocycles. The van der Waals surface area contributed by atoms with Crippen molar-refractivity contribution in [3.63, 3.8) is 0 Å². The van der Waals surface area contributed by atoms with E-state index < -0.39 is 11.7 Å². The molecule has 154 valence electrons. The normalized spacial score (nSPS) is 18.9. The number of nitrogens with zero attached hydrogens (tertiary/aromatic N) is 2. The predicted octanol–water partition coefficient (Wildman–Crippen LogP) is 3.10. The van der Waals surface area contributed by atoms with Crippen molar-refractivity contribution in [3.8, 4) is 17.6 Å². The number of ether oxygens (including phenoxy) is 2. The van der Waals surface area contributed by atoms with E-state index in [1.807, 2.05) is 13.8 Å². The Kier molecular flexibility index (Phi) is 7.89. The molecule has 3 N–H and O–H groups in total. The minimum Gasteiger partial charge on any atom is -0.495 e. The fourth-order valence-electron chi connectivity index (χ4n) is 2.95. The number of nitrogens with one attached hydrogen (secondary N) is 3. The van der Waals surface area contributed by atoms with E-state index in [0.717, 1.165) is 25.7 Å². The summed E-state index contributed by atoms with van der Waals surface area (Å²) in [7, 11) is 1.52. The first-order valence-corrected chi connectivity index (χ1v) is 9.60. The van der Waals surface area contributed by atoms with Crippen LogP contribution in [0, 0.1) is 28.1 Å². The van der Waals surface area contributed by atoms with E-state index >= 15 is 0 Å². The van der Waals surface area contributed by atoms with Crippen LogP contribution in [0.1, 0.15) is 45.1 Å². The van der Waals surface area contributed by atoms with E-state index in [4.69, 9.17) is 25.6 Å². The van der Waals surface area contributed by atoms with E-state index in [-0.39, 0.29) is 23.8 Å². The molecule has 1 aliphatic rings. The maximum atomic E-state index is 12.1. The molecule has 0 atom stereocenters. The van der Waals surface area contributed by atoms with Crippen molar-refractivity contribution >= 4 is 23.7 Å². The van der Waals surface area contributed by atoms with Crippen molar-refractivity contribution in [2.75, 3.05) is 7.11 Å². The quantitative estimate of drug-likeness (QED) is 0.502. The number of amidine groups is 1. The van der Waals surface area contributed by atoms with Gasteiger partial charge in [-0.15, -0.1) is 0 Å². The fourth-order valence-corrected chi connectivity index (χ4v) is 2.95. The second-order valence-electron chi connectivity index (χ2n) is 7.26. The van der Waals surface area contributed by atoms with Crippen molar-refractivity contribution in [2.45, 2.75) is 51.7 Å². The molecule has 1 fully saturated rings. The Bertz CT molecular complexity index is 833. The van der Waals surface area contributed by atoms with E-state index in [1.54, 1.807) is 18.2 Å². The standard InChI is InChI=1S/C21H27N5O3/c1-13(2)18(23)12-25-20(24)21(27)26-15-5-8-16(9-6-15)29-17-7-4-14(11-22)19(10-17)28-3/h4,7,10,12-13,15-16,23-24H,5-6,8-9H2,1-3H3,(H,26,27). The lowest BCUT2D eigenvalue weighted by atomic mass is 9.93. The van der Waals surface area contributed by atoms with Gasteiger partial charge in [0.05, 0.1) is 30.7 Å². The number of hydrogen-bond donors (Lipinski definition) is 3. The minimum atomic E-state index is -0.529. The van der Waals surface area contributed by atoms with E-state index in [0.29, 0.717) is 17.1 Å². The molecular weight excluding hydrogens is 370 g/mol. The molecule has 1 amide bonds. The van der Waals surface area contributed by atoms with Crippen molar-refractivity contribution in [3.05, 3.63) is 23.8 Å². The Morgan fingerprint density at radius 1 is 1.31 bits per heavy atom. The SMILES string of the molecule is COc1cc(OC2CCC(NC(=O)C(=N)N=CC(=N)C(C)C)CC2)ccc1C#N. The van der Waals surface area contributed by atoms with Gasteiger partial charge in [-0.05, 0) is 43.7 Å². The summed E-state index contributed by atoms with van der Waals surface area (Å²) in [5.74, 6) is 0.214. The Morgan fingerprint density at radius 2 is 2.00 bits per heavy atom.